The average molecular weight is 470 g/mol. The van der Waals surface area contributed by atoms with E-state index >= 15 is 0 Å². The predicted molar refractivity (Wildman–Crippen MR) is 130 cm³/mol. The Labute approximate surface area is 201 Å². The predicted octanol–water partition coefficient (Wildman–Crippen LogP) is 4.38. The van der Waals surface area contributed by atoms with Crippen LogP contribution in [-0.2, 0) is 20.7 Å². The van der Waals surface area contributed by atoms with Crippen molar-refractivity contribution < 1.29 is 28.6 Å². The second-order valence-corrected chi connectivity index (χ2v) is 8.05. The molecule has 7 heteroatoms. The summed E-state index contributed by atoms with van der Waals surface area (Å²) in [5.74, 6) is -0.504. The van der Waals surface area contributed by atoms with Crippen LogP contribution >= 0.6 is 0 Å². The number of carbonyl (C=O) groups is 3. The third kappa shape index (κ3) is 8.98. The fourth-order valence-electron chi connectivity index (χ4n) is 3.39. The van der Waals surface area contributed by atoms with Crippen LogP contribution in [0.3, 0.4) is 0 Å². The van der Waals surface area contributed by atoms with Gasteiger partial charge in [-0.25, -0.2) is 4.79 Å². The molecule has 0 heterocycles. The number of methoxy groups -OCH3 is 1. The highest BCUT2D eigenvalue weighted by Crippen LogP contribution is 2.15. The quantitative estimate of drug-likeness (QED) is 0.235. The van der Waals surface area contributed by atoms with Crippen molar-refractivity contribution in [1.29, 1.82) is 0 Å². The van der Waals surface area contributed by atoms with Gasteiger partial charge in [-0.1, -0.05) is 44.7 Å². The summed E-state index contributed by atoms with van der Waals surface area (Å²) < 4.78 is 15.6. The molecule has 0 saturated carbocycles. The van der Waals surface area contributed by atoms with E-state index in [1.165, 1.54) is 26.4 Å². The molecule has 1 N–H and O–H groups in total. The third-order valence-electron chi connectivity index (χ3n) is 5.49. The first-order chi connectivity index (χ1) is 16.5. The lowest BCUT2D eigenvalue weighted by atomic mass is 10.0. The van der Waals surface area contributed by atoms with E-state index < -0.39 is 12.0 Å². The SMILES string of the molecule is CCCCCCCOc1ccc(C(=O)COC(=O)c2ccc(CC(NC)C(=O)OC)cc2)cc1. The Balaban J connectivity index is 1.78. The molecule has 0 aliphatic carbocycles. The summed E-state index contributed by atoms with van der Waals surface area (Å²) in [6, 6.07) is 13.1. The molecule has 0 aliphatic heterocycles. The molecule has 0 amide bonds. The Kier molecular flexibility index (Phi) is 11.8. The Morgan fingerprint density at radius 2 is 1.53 bits per heavy atom. The van der Waals surface area contributed by atoms with Gasteiger partial charge >= 0.3 is 11.9 Å². The molecular weight excluding hydrogens is 434 g/mol. The van der Waals surface area contributed by atoms with E-state index in [1.54, 1.807) is 55.6 Å². The van der Waals surface area contributed by atoms with Gasteiger partial charge in [-0.2, -0.15) is 0 Å². The van der Waals surface area contributed by atoms with Gasteiger partial charge in [-0.3, -0.25) is 9.59 Å². The van der Waals surface area contributed by atoms with Crippen LogP contribution in [-0.4, -0.2) is 51.1 Å². The molecule has 1 atom stereocenters. The van der Waals surface area contributed by atoms with Crippen LogP contribution in [0.5, 0.6) is 5.75 Å². The van der Waals surface area contributed by atoms with Crippen molar-refractivity contribution in [3.05, 3.63) is 65.2 Å². The lowest BCUT2D eigenvalue weighted by Gasteiger charge is -2.13. The summed E-state index contributed by atoms with van der Waals surface area (Å²) >= 11 is 0. The molecule has 34 heavy (non-hydrogen) atoms. The fourth-order valence-corrected chi connectivity index (χ4v) is 3.39. The van der Waals surface area contributed by atoms with Crippen LogP contribution in [0.15, 0.2) is 48.5 Å². The minimum absolute atomic E-state index is 0.286. The second-order valence-electron chi connectivity index (χ2n) is 8.05. The number of nitrogens with one attached hydrogen (secondary N) is 1. The van der Waals surface area contributed by atoms with Gasteiger partial charge < -0.3 is 19.5 Å². The fraction of sp³-hybridized carbons (Fsp3) is 0.444. The normalized spacial score (nSPS) is 11.5. The van der Waals surface area contributed by atoms with Gasteiger partial charge in [0.15, 0.2) is 12.4 Å². The lowest BCUT2D eigenvalue weighted by molar-refractivity contribution is -0.142. The number of carbonyl (C=O) groups excluding carboxylic acids is 3. The summed E-state index contributed by atoms with van der Waals surface area (Å²) in [6.07, 6.45) is 6.29. The molecule has 1 unspecified atom stereocenters. The number of hydrogen-bond acceptors (Lipinski definition) is 7. The van der Waals surface area contributed by atoms with Crippen molar-refractivity contribution in [1.82, 2.24) is 5.32 Å². The van der Waals surface area contributed by atoms with E-state index in [0.29, 0.717) is 24.2 Å². The zero-order valence-electron chi connectivity index (χ0n) is 20.3. The molecule has 0 aliphatic rings. The monoisotopic (exact) mass is 469 g/mol. The molecule has 2 aromatic carbocycles. The first-order valence-electron chi connectivity index (χ1n) is 11.8. The largest absolute Gasteiger partial charge is 0.494 e. The number of ketones is 1. The van der Waals surface area contributed by atoms with E-state index in [2.05, 4.69) is 12.2 Å². The number of unbranched alkanes of at least 4 members (excludes halogenated alkanes) is 4. The Hall–Kier alpha value is -3.19. The number of benzene rings is 2. The van der Waals surface area contributed by atoms with E-state index in [-0.39, 0.29) is 18.4 Å². The molecule has 0 radical (unpaired) electrons. The number of likely N-dealkylation sites (N-methyl/N-ethyl adjacent to an activating group) is 1. The van der Waals surface area contributed by atoms with E-state index in [9.17, 15) is 14.4 Å². The van der Waals surface area contributed by atoms with Crippen LogP contribution in [0.25, 0.3) is 0 Å². The van der Waals surface area contributed by atoms with Crippen molar-refractivity contribution >= 4 is 17.7 Å². The maximum absolute atomic E-state index is 12.4. The van der Waals surface area contributed by atoms with Gasteiger partial charge in [-0.05, 0) is 61.9 Å². The zero-order chi connectivity index (χ0) is 24.8. The highest BCUT2D eigenvalue weighted by atomic mass is 16.5. The second kappa shape index (κ2) is 14.9. The van der Waals surface area contributed by atoms with Gasteiger partial charge in [0.2, 0.25) is 0 Å². The van der Waals surface area contributed by atoms with Crippen molar-refractivity contribution in [3.63, 3.8) is 0 Å². The van der Waals surface area contributed by atoms with Crippen LogP contribution in [0.4, 0.5) is 0 Å². The highest BCUT2D eigenvalue weighted by molar-refractivity contribution is 5.99. The molecular formula is C27H35NO6. The van der Waals surface area contributed by atoms with Gasteiger partial charge in [0.1, 0.15) is 11.8 Å². The van der Waals surface area contributed by atoms with Crippen LogP contribution in [0, 0.1) is 0 Å². The topological polar surface area (TPSA) is 90.9 Å². The standard InChI is InChI=1S/C27H35NO6/c1-4-5-6-7-8-17-33-23-15-13-21(14-16-23)25(29)19-34-26(30)22-11-9-20(10-12-22)18-24(28-2)27(31)32-3/h9-16,24,28H,4-8,17-19H2,1-3H3. The first-order valence-corrected chi connectivity index (χ1v) is 11.8. The summed E-state index contributed by atoms with van der Waals surface area (Å²) in [7, 11) is 3.02. The van der Waals surface area contributed by atoms with Crippen LogP contribution in [0.2, 0.25) is 0 Å². The number of hydrogen-bond donors (Lipinski definition) is 1. The maximum Gasteiger partial charge on any atom is 0.338 e. The summed E-state index contributed by atoms with van der Waals surface area (Å²) in [5.41, 5.74) is 1.65. The number of Topliss-reactive ketones (excluding diaryl/α,β-unsaturated/α-hetero) is 1. The van der Waals surface area contributed by atoms with E-state index in [1.807, 2.05) is 0 Å². The molecule has 0 aromatic heterocycles. The lowest BCUT2D eigenvalue weighted by Crippen LogP contribution is -2.36. The summed E-state index contributed by atoms with van der Waals surface area (Å²) in [5, 5.41) is 2.90. The smallest absolute Gasteiger partial charge is 0.338 e. The number of rotatable bonds is 15. The summed E-state index contributed by atoms with van der Waals surface area (Å²) in [6.45, 7) is 2.50. The minimum Gasteiger partial charge on any atom is -0.494 e. The van der Waals surface area contributed by atoms with E-state index in [4.69, 9.17) is 14.2 Å². The Morgan fingerprint density at radius 1 is 0.882 bits per heavy atom. The molecule has 184 valence electrons. The summed E-state index contributed by atoms with van der Waals surface area (Å²) in [4.78, 5) is 36.4. The van der Waals surface area contributed by atoms with Gasteiger partial charge in [-0.15, -0.1) is 0 Å². The zero-order valence-corrected chi connectivity index (χ0v) is 20.3. The van der Waals surface area contributed by atoms with Crippen LogP contribution in [0.1, 0.15) is 65.3 Å². The van der Waals surface area contributed by atoms with Gasteiger partial charge in [0.05, 0.1) is 19.3 Å². The number of ether oxygens (including phenoxy) is 3. The van der Waals surface area contributed by atoms with Crippen molar-refractivity contribution in [2.24, 2.45) is 0 Å². The number of esters is 2. The maximum atomic E-state index is 12.4. The molecule has 2 aromatic rings. The van der Waals surface area contributed by atoms with Crippen LogP contribution < -0.4 is 10.1 Å². The molecule has 0 fully saturated rings. The van der Waals surface area contributed by atoms with E-state index in [0.717, 1.165) is 24.2 Å². The minimum atomic E-state index is -0.582. The first kappa shape index (κ1) is 27.1. The Morgan fingerprint density at radius 3 is 2.15 bits per heavy atom. The molecule has 2 rings (SSSR count). The highest BCUT2D eigenvalue weighted by Gasteiger charge is 2.18. The molecule has 0 saturated heterocycles. The van der Waals surface area contributed by atoms with Crippen molar-refractivity contribution in [2.75, 3.05) is 27.4 Å². The Bertz CT molecular complexity index is 908. The molecule has 7 nitrogen and oxygen atoms in total. The average Bonchev–Trinajstić information content (AvgIpc) is 2.87. The van der Waals surface area contributed by atoms with Crippen molar-refractivity contribution in [2.45, 2.75) is 51.5 Å². The van der Waals surface area contributed by atoms with Gasteiger partial charge in [0, 0.05) is 5.56 Å². The van der Waals surface area contributed by atoms with Gasteiger partial charge in [0.25, 0.3) is 0 Å². The molecule has 0 spiro atoms. The van der Waals surface area contributed by atoms with Crippen molar-refractivity contribution in [3.8, 4) is 5.75 Å². The third-order valence-corrected chi connectivity index (χ3v) is 5.49. The molecule has 0 bridgehead atoms.